The largest absolute Gasteiger partial charge is 0.326 e. The molecule has 0 radical (unpaired) electrons. The van der Waals surface area contributed by atoms with Crippen LogP contribution < -0.4 is 10.2 Å². The molecule has 0 aliphatic carbocycles. The summed E-state index contributed by atoms with van der Waals surface area (Å²) in [6.45, 7) is 1.04. The summed E-state index contributed by atoms with van der Waals surface area (Å²) in [6, 6.07) is 14.0. The van der Waals surface area contributed by atoms with E-state index in [9.17, 15) is 9.18 Å². The highest BCUT2D eigenvalue weighted by Crippen LogP contribution is 2.11. The lowest BCUT2D eigenvalue weighted by molar-refractivity contribution is -0.885. The highest BCUT2D eigenvalue weighted by molar-refractivity contribution is 14.1. The van der Waals surface area contributed by atoms with Crippen LogP contribution in [0.25, 0.3) is 0 Å². The maximum atomic E-state index is 12.8. The predicted octanol–water partition coefficient (Wildman–Crippen LogP) is 2.08. The number of anilines is 1. The van der Waals surface area contributed by atoms with Crippen molar-refractivity contribution in [3.8, 4) is 0 Å². The normalized spacial score (nSPS) is 12.0. The Kier molecular flexibility index (Phi) is 5.69. The zero-order valence-corrected chi connectivity index (χ0v) is 13.9. The van der Waals surface area contributed by atoms with E-state index in [4.69, 9.17) is 0 Å². The van der Waals surface area contributed by atoms with Crippen molar-refractivity contribution in [2.75, 3.05) is 18.9 Å². The molecular formula is C16H17FIN2O+. The van der Waals surface area contributed by atoms with Gasteiger partial charge in [-0.2, -0.15) is 0 Å². The quantitative estimate of drug-likeness (QED) is 0.742. The number of carbonyl (C=O) groups excluding carboxylic acids is 1. The monoisotopic (exact) mass is 399 g/mol. The van der Waals surface area contributed by atoms with E-state index in [1.54, 1.807) is 12.1 Å². The number of benzene rings is 2. The van der Waals surface area contributed by atoms with Crippen LogP contribution in [-0.2, 0) is 11.3 Å². The standard InChI is InChI=1S/C16H16FIN2O/c1-20(10-12-5-7-13(17)8-6-12)11-16(21)19-15-4-2-3-14(18)9-15/h2-9H,10-11H2,1H3,(H,19,21)/p+1. The van der Waals surface area contributed by atoms with E-state index in [1.807, 2.05) is 31.3 Å². The fraction of sp³-hybridized carbons (Fsp3) is 0.188. The van der Waals surface area contributed by atoms with Crippen molar-refractivity contribution in [2.45, 2.75) is 6.54 Å². The van der Waals surface area contributed by atoms with Crippen LogP contribution in [0.15, 0.2) is 48.5 Å². The Bertz CT molecular complexity index is 616. The SMILES string of the molecule is C[NH+](CC(=O)Nc1cccc(I)c1)Cc1ccc(F)cc1. The molecule has 0 spiro atoms. The molecule has 1 unspecified atom stereocenters. The Morgan fingerprint density at radius 3 is 2.62 bits per heavy atom. The van der Waals surface area contributed by atoms with Gasteiger partial charge in [0.2, 0.25) is 0 Å². The van der Waals surface area contributed by atoms with Gasteiger partial charge in [0.05, 0.1) is 7.05 Å². The van der Waals surface area contributed by atoms with Crippen LogP contribution in [0.3, 0.4) is 0 Å². The highest BCUT2D eigenvalue weighted by Gasteiger charge is 2.11. The number of quaternary nitrogens is 1. The van der Waals surface area contributed by atoms with Crippen LogP contribution in [0, 0.1) is 9.39 Å². The minimum Gasteiger partial charge on any atom is -0.326 e. The molecule has 0 aliphatic heterocycles. The third-order valence-corrected chi connectivity index (χ3v) is 3.66. The molecule has 2 aromatic rings. The molecule has 2 N–H and O–H groups in total. The van der Waals surface area contributed by atoms with Crippen molar-refractivity contribution in [1.82, 2.24) is 0 Å². The molecule has 0 aromatic heterocycles. The molecule has 0 bridgehead atoms. The predicted molar refractivity (Wildman–Crippen MR) is 89.6 cm³/mol. The van der Waals surface area contributed by atoms with E-state index in [2.05, 4.69) is 27.9 Å². The Morgan fingerprint density at radius 1 is 1.24 bits per heavy atom. The van der Waals surface area contributed by atoms with E-state index in [0.717, 1.165) is 19.7 Å². The number of hydrogen-bond acceptors (Lipinski definition) is 1. The molecule has 0 fully saturated rings. The maximum Gasteiger partial charge on any atom is 0.279 e. The summed E-state index contributed by atoms with van der Waals surface area (Å²) >= 11 is 2.21. The first-order valence-corrected chi connectivity index (χ1v) is 7.72. The molecule has 110 valence electrons. The van der Waals surface area contributed by atoms with Crippen LogP contribution in [-0.4, -0.2) is 19.5 Å². The molecular weight excluding hydrogens is 382 g/mol. The van der Waals surface area contributed by atoms with Crippen molar-refractivity contribution >= 4 is 34.2 Å². The smallest absolute Gasteiger partial charge is 0.279 e. The second-order valence-electron chi connectivity index (χ2n) is 5.00. The average molecular weight is 399 g/mol. The molecule has 3 nitrogen and oxygen atoms in total. The first-order valence-electron chi connectivity index (χ1n) is 6.64. The fourth-order valence-corrected chi connectivity index (χ4v) is 2.60. The Hall–Kier alpha value is -1.47. The lowest BCUT2D eigenvalue weighted by Crippen LogP contribution is -3.08. The van der Waals surface area contributed by atoms with E-state index in [-0.39, 0.29) is 11.7 Å². The molecule has 0 aliphatic rings. The van der Waals surface area contributed by atoms with Gasteiger partial charge in [-0.15, -0.1) is 0 Å². The zero-order chi connectivity index (χ0) is 15.2. The summed E-state index contributed by atoms with van der Waals surface area (Å²) in [4.78, 5) is 13.0. The second-order valence-corrected chi connectivity index (χ2v) is 6.24. The minimum absolute atomic E-state index is 0.0309. The lowest BCUT2D eigenvalue weighted by Gasteiger charge is -2.14. The fourth-order valence-electron chi connectivity index (χ4n) is 2.06. The third-order valence-electron chi connectivity index (χ3n) is 2.99. The van der Waals surface area contributed by atoms with Gasteiger partial charge in [0.25, 0.3) is 5.91 Å². The van der Waals surface area contributed by atoms with E-state index in [1.165, 1.54) is 12.1 Å². The van der Waals surface area contributed by atoms with Gasteiger partial charge in [0.15, 0.2) is 6.54 Å². The Morgan fingerprint density at radius 2 is 1.95 bits per heavy atom. The maximum absolute atomic E-state index is 12.8. The van der Waals surface area contributed by atoms with Gasteiger partial charge in [-0.3, -0.25) is 4.79 Å². The Labute approximate surface area is 137 Å². The Balaban J connectivity index is 1.86. The van der Waals surface area contributed by atoms with Crippen LogP contribution in [0.4, 0.5) is 10.1 Å². The topological polar surface area (TPSA) is 33.5 Å². The van der Waals surface area contributed by atoms with Crippen molar-refractivity contribution in [2.24, 2.45) is 0 Å². The summed E-state index contributed by atoms with van der Waals surface area (Å²) in [6.07, 6.45) is 0. The number of likely N-dealkylation sites (N-methyl/N-ethyl adjacent to an activating group) is 1. The summed E-state index contributed by atoms with van der Waals surface area (Å²) in [5.74, 6) is -0.274. The molecule has 1 atom stereocenters. The molecule has 1 amide bonds. The van der Waals surface area contributed by atoms with Crippen molar-refractivity contribution in [3.63, 3.8) is 0 Å². The molecule has 0 heterocycles. The van der Waals surface area contributed by atoms with Gasteiger partial charge < -0.3 is 10.2 Å². The number of rotatable bonds is 5. The molecule has 5 heteroatoms. The van der Waals surface area contributed by atoms with Crippen LogP contribution in [0.1, 0.15) is 5.56 Å². The van der Waals surface area contributed by atoms with Gasteiger partial charge in [-0.05, 0) is 52.9 Å². The van der Waals surface area contributed by atoms with Crippen molar-refractivity contribution < 1.29 is 14.1 Å². The first kappa shape index (κ1) is 15.9. The van der Waals surface area contributed by atoms with Gasteiger partial charge in [-0.1, -0.05) is 18.2 Å². The highest BCUT2D eigenvalue weighted by atomic mass is 127. The number of hydrogen-bond donors (Lipinski definition) is 2. The van der Waals surface area contributed by atoms with Crippen LogP contribution in [0.5, 0.6) is 0 Å². The van der Waals surface area contributed by atoms with Gasteiger partial charge in [0.1, 0.15) is 12.4 Å². The van der Waals surface area contributed by atoms with Gasteiger partial charge in [-0.25, -0.2) is 4.39 Å². The van der Waals surface area contributed by atoms with Gasteiger partial charge >= 0.3 is 0 Å². The number of nitrogens with one attached hydrogen (secondary N) is 2. The second kappa shape index (κ2) is 7.51. The van der Waals surface area contributed by atoms with E-state index in [0.29, 0.717) is 13.1 Å². The zero-order valence-electron chi connectivity index (χ0n) is 11.7. The molecule has 2 aromatic carbocycles. The van der Waals surface area contributed by atoms with Crippen molar-refractivity contribution in [1.29, 1.82) is 0 Å². The van der Waals surface area contributed by atoms with Crippen LogP contribution >= 0.6 is 22.6 Å². The molecule has 21 heavy (non-hydrogen) atoms. The number of halogens is 2. The third kappa shape index (κ3) is 5.43. The molecule has 2 rings (SSSR count). The summed E-state index contributed by atoms with van der Waals surface area (Å²) in [5.41, 5.74) is 1.82. The van der Waals surface area contributed by atoms with Gasteiger partial charge in [0, 0.05) is 14.8 Å². The summed E-state index contributed by atoms with van der Waals surface area (Å²) in [5, 5.41) is 2.88. The number of carbonyl (C=O) groups is 1. The van der Waals surface area contributed by atoms with E-state index >= 15 is 0 Å². The van der Waals surface area contributed by atoms with E-state index < -0.39 is 0 Å². The first-order chi connectivity index (χ1) is 10.0. The number of amides is 1. The lowest BCUT2D eigenvalue weighted by atomic mass is 10.2. The molecule has 0 saturated carbocycles. The minimum atomic E-state index is -0.243. The van der Waals surface area contributed by atoms with Crippen LogP contribution in [0.2, 0.25) is 0 Å². The average Bonchev–Trinajstić information content (AvgIpc) is 2.41. The van der Waals surface area contributed by atoms with Crippen molar-refractivity contribution in [3.05, 3.63) is 63.5 Å². The summed E-state index contributed by atoms with van der Waals surface area (Å²) in [7, 11) is 1.94. The summed E-state index contributed by atoms with van der Waals surface area (Å²) < 4.78 is 13.9. The molecule has 0 saturated heterocycles.